The van der Waals surface area contributed by atoms with Gasteiger partial charge in [-0.15, -0.1) is 0 Å². The third-order valence-electron chi connectivity index (χ3n) is 3.85. The van der Waals surface area contributed by atoms with E-state index in [9.17, 15) is 9.18 Å². The summed E-state index contributed by atoms with van der Waals surface area (Å²) in [6, 6.07) is 5.10. The highest BCUT2D eigenvalue weighted by Gasteiger charge is 2.26. The monoisotopic (exact) mass is 352 g/mol. The van der Waals surface area contributed by atoms with Gasteiger partial charge in [-0.3, -0.25) is 0 Å². The number of benzene rings is 1. The van der Waals surface area contributed by atoms with Gasteiger partial charge in [-0.05, 0) is 45.9 Å². The first-order valence-corrected chi connectivity index (χ1v) is 8.67. The Balaban J connectivity index is 1.93. The lowest BCUT2D eigenvalue weighted by Crippen LogP contribution is -2.50. The van der Waals surface area contributed by atoms with Crippen LogP contribution in [0, 0.1) is 5.82 Å². The van der Waals surface area contributed by atoms with Crippen molar-refractivity contribution >= 4 is 17.5 Å². The van der Waals surface area contributed by atoms with Gasteiger partial charge in [0.25, 0.3) is 0 Å². The molecule has 1 fully saturated rings. The zero-order valence-corrected chi connectivity index (χ0v) is 15.5. The molecule has 1 aliphatic rings. The SMILES string of the molecule is CC(N)CNc1ccc(N2CCN(C(=O)OC(C)(C)C)CC2)c(F)c1. The van der Waals surface area contributed by atoms with Crippen LogP contribution in [0.2, 0.25) is 0 Å². The van der Waals surface area contributed by atoms with E-state index in [0.29, 0.717) is 44.1 Å². The number of carbonyl (C=O) groups excluding carboxylic acids is 1. The molecule has 1 saturated heterocycles. The summed E-state index contributed by atoms with van der Waals surface area (Å²) < 4.78 is 19.8. The molecule has 0 bridgehead atoms. The van der Waals surface area contributed by atoms with E-state index in [1.807, 2.05) is 38.7 Å². The van der Waals surface area contributed by atoms with Gasteiger partial charge >= 0.3 is 6.09 Å². The van der Waals surface area contributed by atoms with E-state index in [-0.39, 0.29) is 18.0 Å². The van der Waals surface area contributed by atoms with Gasteiger partial charge in [0.2, 0.25) is 0 Å². The van der Waals surface area contributed by atoms with Crippen LogP contribution in [-0.4, -0.2) is 55.4 Å². The van der Waals surface area contributed by atoms with E-state index >= 15 is 0 Å². The van der Waals surface area contributed by atoms with Crippen molar-refractivity contribution in [3.63, 3.8) is 0 Å². The molecule has 140 valence electrons. The number of carbonyl (C=O) groups is 1. The highest BCUT2D eigenvalue weighted by Crippen LogP contribution is 2.24. The van der Waals surface area contributed by atoms with Gasteiger partial charge in [0.05, 0.1) is 5.69 Å². The number of hydrogen-bond donors (Lipinski definition) is 2. The molecule has 1 unspecified atom stereocenters. The zero-order chi connectivity index (χ0) is 18.6. The average molecular weight is 352 g/mol. The Hall–Kier alpha value is -2.02. The summed E-state index contributed by atoms with van der Waals surface area (Å²) in [6.07, 6.45) is -0.317. The summed E-state index contributed by atoms with van der Waals surface area (Å²) in [6.45, 7) is 10.2. The molecule has 1 aromatic rings. The minimum absolute atomic E-state index is 0.00340. The number of rotatable bonds is 4. The molecule has 2 rings (SSSR count). The summed E-state index contributed by atoms with van der Waals surface area (Å²) in [4.78, 5) is 15.7. The second-order valence-electron chi connectivity index (χ2n) is 7.48. The van der Waals surface area contributed by atoms with Gasteiger partial charge in [-0.2, -0.15) is 0 Å². The largest absolute Gasteiger partial charge is 0.444 e. The standard InChI is InChI=1S/C18H29FN4O2/c1-13(20)12-21-14-5-6-16(15(19)11-14)22-7-9-23(10-8-22)17(24)25-18(2,3)4/h5-6,11,13,21H,7-10,12,20H2,1-4H3. The van der Waals surface area contributed by atoms with Gasteiger partial charge in [0, 0.05) is 44.5 Å². The quantitative estimate of drug-likeness (QED) is 0.872. The molecular weight excluding hydrogens is 323 g/mol. The van der Waals surface area contributed by atoms with Crippen molar-refractivity contribution < 1.29 is 13.9 Å². The van der Waals surface area contributed by atoms with Crippen molar-refractivity contribution in [3.05, 3.63) is 24.0 Å². The lowest BCUT2D eigenvalue weighted by Gasteiger charge is -2.36. The summed E-state index contributed by atoms with van der Waals surface area (Å²) in [5.41, 5.74) is 6.45. The molecule has 0 saturated carbocycles. The molecule has 0 aliphatic carbocycles. The molecule has 25 heavy (non-hydrogen) atoms. The van der Waals surface area contributed by atoms with Crippen molar-refractivity contribution in [2.24, 2.45) is 5.73 Å². The van der Waals surface area contributed by atoms with Gasteiger partial charge in [0.15, 0.2) is 0 Å². The predicted molar refractivity (Wildman–Crippen MR) is 98.6 cm³/mol. The molecule has 0 spiro atoms. The van der Waals surface area contributed by atoms with Gasteiger partial charge in [0.1, 0.15) is 11.4 Å². The Morgan fingerprint density at radius 2 is 1.96 bits per heavy atom. The van der Waals surface area contributed by atoms with Crippen LogP contribution in [0.1, 0.15) is 27.7 Å². The van der Waals surface area contributed by atoms with Crippen molar-refractivity contribution in [3.8, 4) is 0 Å². The Kier molecular flexibility index (Phi) is 6.11. The van der Waals surface area contributed by atoms with Crippen LogP contribution < -0.4 is 16.0 Å². The number of halogens is 1. The van der Waals surface area contributed by atoms with Crippen LogP contribution in [0.4, 0.5) is 20.6 Å². The fourth-order valence-corrected chi connectivity index (χ4v) is 2.61. The maximum Gasteiger partial charge on any atom is 0.410 e. The number of amides is 1. The molecule has 1 atom stereocenters. The van der Waals surface area contributed by atoms with E-state index in [1.165, 1.54) is 6.07 Å². The lowest BCUT2D eigenvalue weighted by molar-refractivity contribution is 0.0240. The van der Waals surface area contributed by atoms with Crippen molar-refractivity contribution in [1.82, 2.24) is 4.90 Å². The molecular formula is C18H29FN4O2. The molecule has 3 N–H and O–H groups in total. The van der Waals surface area contributed by atoms with E-state index < -0.39 is 5.60 Å². The summed E-state index contributed by atoms with van der Waals surface area (Å²) in [5, 5.41) is 3.11. The Bertz CT molecular complexity index is 593. The van der Waals surface area contributed by atoms with Crippen LogP contribution in [0.15, 0.2) is 18.2 Å². The van der Waals surface area contributed by atoms with Crippen LogP contribution >= 0.6 is 0 Å². The van der Waals surface area contributed by atoms with E-state index in [2.05, 4.69) is 5.32 Å². The second kappa shape index (κ2) is 7.91. The molecule has 7 heteroatoms. The number of anilines is 2. The predicted octanol–water partition coefficient (Wildman–Crippen LogP) is 2.64. The topological polar surface area (TPSA) is 70.8 Å². The minimum Gasteiger partial charge on any atom is -0.444 e. The average Bonchev–Trinajstić information content (AvgIpc) is 2.51. The third kappa shape index (κ3) is 5.77. The van der Waals surface area contributed by atoms with Crippen molar-refractivity contribution in [2.45, 2.75) is 39.3 Å². The third-order valence-corrected chi connectivity index (χ3v) is 3.85. The minimum atomic E-state index is -0.510. The van der Waals surface area contributed by atoms with E-state index in [0.717, 1.165) is 0 Å². The summed E-state index contributed by atoms with van der Waals surface area (Å²) in [5.74, 6) is -0.277. The van der Waals surface area contributed by atoms with E-state index in [1.54, 1.807) is 11.0 Å². The fourth-order valence-electron chi connectivity index (χ4n) is 2.61. The maximum absolute atomic E-state index is 14.4. The number of nitrogens with two attached hydrogens (primary N) is 1. The van der Waals surface area contributed by atoms with Gasteiger partial charge in [-0.25, -0.2) is 9.18 Å². The highest BCUT2D eigenvalue weighted by molar-refractivity contribution is 5.68. The summed E-state index contributed by atoms with van der Waals surface area (Å²) in [7, 11) is 0. The van der Waals surface area contributed by atoms with Crippen LogP contribution in [0.3, 0.4) is 0 Å². The Labute approximate surface area is 149 Å². The van der Waals surface area contributed by atoms with E-state index in [4.69, 9.17) is 10.5 Å². The Morgan fingerprint density at radius 3 is 2.48 bits per heavy atom. The first kappa shape index (κ1) is 19.3. The molecule has 0 aromatic heterocycles. The number of hydrogen-bond acceptors (Lipinski definition) is 5. The number of nitrogens with zero attached hydrogens (tertiary/aromatic N) is 2. The number of piperazine rings is 1. The molecule has 1 aromatic carbocycles. The second-order valence-corrected chi connectivity index (χ2v) is 7.48. The van der Waals surface area contributed by atoms with Crippen LogP contribution in [-0.2, 0) is 4.74 Å². The molecule has 0 radical (unpaired) electrons. The van der Waals surface area contributed by atoms with Gasteiger partial charge < -0.3 is 25.6 Å². The Morgan fingerprint density at radius 1 is 1.32 bits per heavy atom. The molecule has 1 heterocycles. The smallest absolute Gasteiger partial charge is 0.410 e. The van der Waals surface area contributed by atoms with Crippen LogP contribution in [0.5, 0.6) is 0 Å². The lowest BCUT2D eigenvalue weighted by atomic mass is 10.2. The molecule has 1 amide bonds. The fraction of sp³-hybridized carbons (Fsp3) is 0.611. The molecule has 1 aliphatic heterocycles. The molecule has 6 nitrogen and oxygen atoms in total. The first-order chi connectivity index (χ1) is 11.7. The van der Waals surface area contributed by atoms with Crippen molar-refractivity contribution in [2.75, 3.05) is 42.9 Å². The van der Waals surface area contributed by atoms with Gasteiger partial charge in [-0.1, -0.05) is 0 Å². The maximum atomic E-state index is 14.4. The number of nitrogens with one attached hydrogen (secondary N) is 1. The van der Waals surface area contributed by atoms with Crippen LogP contribution in [0.25, 0.3) is 0 Å². The van der Waals surface area contributed by atoms with Crippen molar-refractivity contribution in [1.29, 1.82) is 0 Å². The zero-order valence-electron chi connectivity index (χ0n) is 15.5. The normalized spacial score (nSPS) is 16.6. The summed E-state index contributed by atoms with van der Waals surface area (Å²) >= 11 is 0. The first-order valence-electron chi connectivity index (χ1n) is 8.67. The highest BCUT2D eigenvalue weighted by atomic mass is 19.1. The number of ether oxygens (including phenoxy) is 1.